The molecular weight excluding hydrogens is 378 g/mol. The minimum Gasteiger partial charge on any atom is -0.508 e. The summed E-state index contributed by atoms with van der Waals surface area (Å²) in [5.41, 5.74) is -0.309. The van der Waals surface area contributed by atoms with Crippen LogP contribution in [0.1, 0.15) is 46.2 Å². The number of nitrogens with zero attached hydrogens (tertiary/aromatic N) is 1. The molecule has 0 aliphatic rings. The minimum absolute atomic E-state index is 0.0191. The van der Waals surface area contributed by atoms with E-state index in [1.807, 2.05) is 0 Å². The van der Waals surface area contributed by atoms with Crippen LogP contribution >= 0.6 is 0 Å². The van der Waals surface area contributed by atoms with Crippen LogP contribution in [0.15, 0.2) is 24.3 Å². The van der Waals surface area contributed by atoms with E-state index < -0.39 is 42.2 Å². The van der Waals surface area contributed by atoms with Gasteiger partial charge in [0.2, 0.25) is 11.8 Å². The van der Waals surface area contributed by atoms with E-state index in [1.165, 1.54) is 31.3 Å². The molecule has 0 aliphatic carbocycles. The Balaban J connectivity index is 3.10. The lowest BCUT2D eigenvalue weighted by atomic mass is 10.0. The van der Waals surface area contributed by atoms with Gasteiger partial charge in [0.05, 0.1) is 6.61 Å². The Morgan fingerprint density at radius 1 is 1.10 bits per heavy atom. The van der Waals surface area contributed by atoms with E-state index in [2.05, 4.69) is 10.6 Å². The number of carbonyl (C=O) groups is 3. The molecule has 0 bridgehead atoms. The molecule has 3 amide bonds. The highest BCUT2D eigenvalue weighted by molar-refractivity contribution is 5.92. The van der Waals surface area contributed by atoms with Gasteiger partial charge in [-0.1, -0.05) is 12.1 Å². The number of hydrogen-bond donors (Lipinski definition) is 4. The van der Waals surface area contributed by atoms with Crippen LogP contribution in [0.5, 0.6) is 5.75 Å². The summed E-state index contributed by atoms with van der Waals surface area (Å²) in [7, 11) is 1.40. The van der Waals surface area contributed by atoms with E-state index in [-0.39, 0.29) is 11.8 Å². The number of alkyl carbamates (subject to hydrolysis) is 1. The Labute approximate surface area is 171 Å². The highest BCUT2D eigenvalue weighted by Gasteiger charge is 2.34. The number of aliphatic hydroxyl groups excluding tert-OH is 1. The van der Waals surface area contributed by atoms with Crippen LogP contribution in [0.2, 0.25) is 0 Å². The van der Waals surface area contributed by atoms with Crippen LogP contribution in [0.25, 0.3) is 0 Å². The zero-order valence-electron chi connectivity index (χ0n) is 17.7. The molecule has 0 radical (unpaired) electrons. The van der Waals surface area contributed by atoms with Crippen molar-refractivity contribution in [2.75, 3.05) is 13.7 Å². The van der Waals surface area contributed by atoms with Gasteiger partial charge in [-0.25, -0.2) is 4.79 Å². The highest BCUT2D eigenvalue weighted by atomic mass is 16.6. The standard InChI is InChI=1S/C20H31N3O6/c1-12(2)21-17(26)16(13-7-9-14(25)10-8-13)23(6)18(27)15(11-24)22-19(28)29-20(3,4)5/h7-10,12,15-16,24-25H,11H2,1-6H3,(H,21,26)(H,22,28). The number of hydrogen-bond acceptors (Lipinski definition) is 6. The van der Waals surface area contributed by atoms with Gasteiger partial charge in [0.25, 0.3) is 0 Å². The molecule has 2 unspecified atom stereocenters. The van der Waals surface area contributed by atoms with Gasteiger partial charge in [-0.05, 0) is 52.3 Å². The molecule has 0 saturated carbocycles. The topological polar surface area (TPSA) is 128 Å². The number of aliphatic hydroxyl groups is 1. The summed E-state index contributed by atoms with van der Waals surface area (Å²) in [5, 5.41) is 24.2. The number of phenolic OH excluding ortho intramolecular Hbond substituents is 1. The van der Waals surface area contributed by atoms with Crippen molar-refractivity contribution in [3.8, 4) is 5.75 Å². The molecule has 1 aromatic carbocycles. The zero-order valence-corrected chi connectivity index (χ0v) is 17.7. The summed E-state index contributed by atoms with van der Waals surface area (Å²) < 4.78 is 5.12. The number of ether oxygens (including phenoxy) is 1. The average molecular weight is 409 g/mol. The maximum absolute atomic E-state index is 12.9. The van der Waals surface area contributed by atoms with E-state index in [0.29, 0.717) is 5.56 Å². The van der Waals surface area contributed by atoms with Crippen molar-refractivity contribution in [2.45, 2.75) is 58.3 Å². The van der Waals surface area contributed by atoms with Crippen molar-refractivity contribution in [3.63, 3.8) is 0 Å². The average Bonchev–Trinajstić information content (AvgIpc) is 2.58. The molecule has 0 aliphatic heterocycles. The smallest absolute Gasteiger partial charge is 0.408 e. The number of nitrogens with one attached hydrogen (secondary N) is 2. The molecule has 0 aromatic heterocycles. The molecule has 1 aromatic rings. The van der Waals surface area contributed by atoms with Crippen LogP contribution in [0, 0.1) is 0 Å². The molecule has 9 nitrogen and oxygen atoms in total. The van der Waals surface area contributed by atoms with Crippen LogP contribution in [-0.4, -0.2) is 64.4 Å². The van der Waals surface area contributed by atoms with Crippen molar-refractivity contribution in [2.24, 2.45) is 0 Å². The van der Waals surface area contributed by atoms with Crippen molar-refractivity contribution < 1.29 is 29.3 Å². The SMILES string of the molecule is CC(C)NC(=O)C(c1ccc(O)cc1)N(C)C(=O)C(CO)NC(=O)OC(C)(C)C. The third-order valence-corrected chi connectivity index (χ3v) is 3.79. The molecule has 0 heterocycles. The first-order valence-electron chi connectivity index (χ1n) is 9.32. The second kappa shape index (κ2) is 10.1. The quantitative estimate of drug-likeness (QED) is 0.537. The molecule has 0 fully saturated rings. The fourth-order valence-electron chi connectivity index (χ4n) is 2.58. The Hall–Kier alpha value is -2.81. The first-order valence-corrected chi connectivity index (χ1v) is 9.32. The highest BCUT2D eigenvalue weighted by Crippen LogP contribution is 2.23. The number of rotatable bonds is 7. The number of carbonyl (C=O) groups excluding carboxylic acids is 3. The van der Waals surface area contributed by atoms with Crippen molar-refractivity contribution in [1.29, 1.82) is 0 Å². The second-order valence-electron chi connectivity index (χ2n) is 7.99. The maximum atomic E-state index is 12.9. The first-order chi connectivity index (χ1) is 13.4. The molecule has 9 heteroatoms. The Morgan fingerprint density at radius 3 is 2.10 bits per heavy atom. The maximum Gasteiger partial charge on any atom is 0.408 e. The van der Waals surface area contributed by atoms with Gasteiger partial charge >= 0.3 is 6.09 Å². The summed E-state index contributed by atoms with van der Waals surface area (Å²) in [6, 6.07) is 3.38. The van der Waals surface area contributed by atoms with Gasteiger partial charge in [-0.15, -0.1) is 0 Å². The third-order valence-electron chi connectivity index (χ3n) is 3.79. The van der Waals surface area contributed by atoms with Gasteiger partial charge in [-0.3, -0.25) is 9.59 Å². The monoisotopic (exact) mass is 409 g/mol. The van der Waals surface area contributed by atoms with Crippen molar-refractivity contribution in [1.82, 2.24) is 15.5 Å². The second-order valence-corrected chi connectivity index (χ2v) is 7.99. The van der Waals surface area contributed by atoms with Gasteiger partial charge in [-0.2, -0.15) is 0 Å². The number of likely N-dealkylation sites (N-methyl/N-ethyl adjacent to an activating group) is 1. The third kappa shape index (κ3) is 7.61. The zero-order chi connectivity index (χ0) is 22.4. The van der Waals surface area contributed by atoms with Gasteiger partial charge in [0.1, 0.15) is 23.4 Å². The number of benzene rings is 1. The predicted molar refractivity (Wildman–Crippen MR) is 107 cm³/mol. The summed E-state index contributed by atoms with van der Waals surface area (Å²) in [5.74, 6) is -1.09. The van der Waals surface area contributed by atoms with Crippen molar-refractivity contribution >= 4 is 17.9 Å². The summed E-state index contributed by atoms with van der Waals surface area (Å²) >= 11 is 0. The number of amides is 3. The fourth-order valence-corrected chi connectivity index (χ4v) is 2.58. The minimum atomic E-state index is -1.29. The Kier molecular flexibility index (Phi) is 8.44. The lowest BCUT2D eigenvalue weighted by molar-refractivity contribution is -0.141. The summed E-state index contributed by atoms with van der Waals surface area (Å²) in [6.45, 7) is 7.92. The largest absolute Gasteiger partial charge is 0.508 e. The fraction of sp³-hybridized carbons (Fsp3) is 0.550. The Morgan fingerprint density at radius 2 is 1.66 bits per heavy atom. The lowest BCUT2D eigenvalue weighted by Crippen LogP contribution is -2.53. The van der Waals surface area contributed by atoms with Gasteiger partial charge in [0, 0.05) is 13.1 Å². The number of aromatic hydroxyl groups is 1. The van der Waals surface area contributed by atoms with Crippen LogP contribution in [0.3, 0.4) is 0 Å². The van der Waals surface area contributed by atoms with Crippen molar-refractivity contribution in [3.05, 3.63) is 29.8 Å². The van der Waals surface area contributed by atoms with Crippen LogP contribution < -0.4 is 10.6 Å². The predicted octanol–water partition coefficient (Wildman–Crippen LogP) is 1.30. The van der Waals surface area contributed by atoms with Crippen LogP contribution in [0.4, 0.5) is 4.79 Å². The molecular formula is C20H31N3O6. The first kappa shape index (κ1) is 24.2. The molecule has 0 saturated heterocycles. The number of phenols is 1. The van der Waals surface area contributed by atoms with E-state index in [0.717, 1.165) is 4.90 Å². The van der Waals surface area contributed by atoms with Crippen LogP contribution in [-0.2, 0) is 14.3 Å². The molecule has 4 N–H and O–H groups in total. The molecule has 2 atom stereocenters. The lowest BCUT2D eigenvalue weighted by Gasteiger charge is -2.31. The van der Waals surface area contributed by atoms with E-state index in [4.69, 9.17) is 4.74 Å². The molecule has 1 rings (SSSR count). The molecule has 162 valence electrons. The molecule has 29 heavy (non-hydrogen) atoms. The van der Waals surface area contributed by atoms with E-state index >= 15 is 0 Å². The molecule has 0 spiro atoms. The summed E-state index contributed by atoms with van der Waals surface area (Å²) in [6.07, 6.45) is -0.855. The van der Waals surface area contributed by atoms with Gasteiger partial charge in [0.15, 0.2) is 0 Å². The van der Waals surface area contributed by atoms with E-state index in [9.17, 15) is 24.6 Å². The van der Waals surface area contributed by atoms with E-state index in [1.54, 1.807) is 34.6 Å². The Bertz CT molecular complexity index is 712. The van der Waals surface area contributed by atoms with Gasteiger partial charge < -0.3 is 30.5 Å². The summed E-state index contributed by atoms with van der Waals surface area (Å²) in [4.78, 5) is 38.8. The normalized spacial score (nSPS) is 13.4.